The molecule has 0 aliphatic heterocycles. The van der Waals surface area contributed by atoms with E-state index in [0.29, 0.717) is 5.69 Å². The quantitative estimate of drug-likeness (QED) is 0.708. The number of aryl methyl sites for hydroxylation is 1. The first-order valence-electron chi connectivity index (χ1n) is 4.57. The minimum Gasteiger partial charge on any atom is -0.367 e. The van der Waals surface area contributed by atoms with Crippen molar-refractivity contribution in [3.05, 3.63) is 18.7 Å². The largest absolute Gasteiger partial charge is 0.367 e. The molecule has 0 aliphatic rings. The van der Waals surface area contributed by atoms with E-state index in [1.54, 1.807) is 24.1 Å². The number of carbonyl (C=O) groups is 1. The van der Waals surface area contributed by atoms with Gasteiger partial charge in [-0.25, -0.2) is 9.67 Å². The van der Waals surface area contributed by atoms with Gasteiger partial charge in [0, 0.05) is 13.2 Å². The molecule has 8 nitrogen and oxygen atoms in total. The Bertz CT molecular complexity index is 456. The number of anilines is 2. The van der Waals surface area contributed by atoms with Crippen LogP contribution in [0.25, 0.3) is 0 Å². The molecule has 0 unspecified atom stereocenters. The maximum Gasteiger partial charge on any atom is 0.246 e. The smallest absolute Gasteiger partial charge is 0.246 e. The number of hydrogen-bond acceptors (Lipinski definition) is 5. The molecule has 0 aliphatic carbocycles. The van der Waals surface area contributed by atoms with Crippen LogP contribution in [-0.4, -0.2) is 30.5 Å². The van der Waals surface area contributed by atoms with Crippen LogP contribution in [0.5, 0.6) is 0 Å². The predicted molar refractivity (Wildman–Crippen MR) is 56.3 cm³/mol. The number of carbonyl (C=O) groups excluding carboxylic acids is 1. The third-order valence-electron chi connectivity index (χ3n) is 1.85. The lowest BCUT2D eigenvalue weighted by atomic mass is 10.5. The van der Waals surface area contributed by atoms with E-state index in [0.717, 1.165) is 0 Å². The third-order valence-corrected chi connectivity index (χ3v) is 1.85. The normalized spacial score (nSPS) is 10.3. The van der Waals surface area contributed by atoms with Crippen LogP contribution in [0.1, 0.15) is 0 Å². The van der Waals surface area contributed by atoms with E-state index in [4.69, 9.17) is 5.73 Å². The SMILES string of the molecule is Cn1cc(NC(=O)Cn2cnc(N)n2)cn1. The fourth-order valence-electron chi connectivity index (χ4n) is 1.22. The second kappa shape index (κ2) is 4.01. The molecule has 2 aromatic heterocycles. The summed E-state index contributed by atoms with van der Waals surface area (Å²) in [4.78, 5) is 15.2. The van der Waals surface area contributed by atoms with E-state index >= 15 is 0 Å². The first-order valence-corrected chi connectivity index (χ1v) is 4.57. The van der Waals surface area contributed by atoms with Gasteiger partial charge < -0.3 is 11.1 Å². The topological polar surface area (TPSA) is 104 Å². The Hall–Kier alpha value is -2.38. The molecule has 2 heterocycles. The molecule has 2 rings (SSSR count). The number of nitrogens with two attached hydrogens (primary N) is 1. The number of nitrogens with zero attached hydrogens (tertiary/aromatic N) is 5. The molecule has 0 saturated heterocycles. The van der Waals surface area contributed by atoms with Gasteiger partial charge in [-0.1, -0.05) is 0 Å². The van der Waals surface area contributed by atoms with E-state index in [1.807, 2.05) is 0 Å². The van der Waals surface area contributed by atoms with Crippen molar-refractivity contribution in [2.75, 3.05) is 11.1 Å². The molecule has 1 amide bonds. The highest BCUT2D eigenvalue weighted by atomic mass is 16.2. The lowest BCUT2D eigenvalue weighted by Crippen LogP contribution is -2.18. The molecule has 0 atom stereocenters. The molecule has 2 aromatic rings. The van der Waals surface area contributed by atoms with E-state index in [1.165, 1.54) is 11.0 Å². The summed E-state index contributed by atoms with van der Waals surface area (Å²) in [5.41, 5.74) is 5.96. The third kappa shape index (κ3) is 2.35. The van der Waals surface area contributed by atoms with Gasteiger partial charge in [-0.15, -0.1) is 5.10 Å². The number of nitrogens with one attached hydrogen (secondary N) is 1. The van der Waals surface area contributed by atoms with Crippen molar-refractivity contribution >= 4 is 17.5 Å². The lowest BCUT2D eigenvalue weighted by Gasteiger charge is -2.01. The summed E-state index contributed by atoms with van der Waals surface area (Å²) in [5, 5.41) is 10.4. The fourth-order valence-corrected chi connectivity index (χ4v) is 1.22. The predicted octanol–water partition coefficient (Wildman–Crippen LogP) is -0.767. The number of amides is 1. The summed E-state index contributed by atoms with van der Waals surface area (Å²) in [5.74, 6) is -0.0629. The summed E-state index contributed by atoms with van der Waals surface area (Å²) in [6.07, 6.45) is 4.67. The molecule has 0 aromatic carbocycles. The number of aromatic nitrogens is 5. The minimum absolute atomic E-state index is 0.0685. The van der Waals surface area contributed by atoms with Crippen LogP contribution in [-0.2, 0) is 18.4 Å². The first-order chi connectivity index (χ1) is 7.63. The van der Waals surface area contributed by atoms with Crippen molar-refractivity contribution in [1.29, 1.82) is 0 Å². The van der Waals surface area contributed by atoms with E-state index < -0.39 is 0 Å². The van der Waals surface area contributed by atoms with Crippen molar-refractivity contribution in [3.8, 4) is 0 Å². The Balaban J connectivity index is 1.94. The van der Waals surface area contributed by atoms with Crippen molar-refractivity contribution in [1.82, 2.24) is 24.5 Å². The van der Waals surface area contributed by atoms with Gasteiger partial charge in [0.2, 0.25) is 11.9 Å². The number of nitrogen functional groups attached to an aromatic ring is 1. The van der Waals surface area contributed by atoms with Crippen LogP contribution in [0.15, 0.2) is 18.7 Å². The van der Waals surface area contributed by atoms with Crippen LogP contribution in [0, 0.1) is 0 Å². The molecule has 0 bridgehead atoms. The van der Waals surface area contributed by atoms with Gasteiger partial charge in [-0.2, -0.15) is 5.10 Å². The van der Waals surface area contributed by atoms with Gasteiger partial charge in [-0.3, -0.25) is 9.48 Å². The van der Waals surface area contributed by atoms with Gasteiger partial charge in [0.25, 0.3) is 0 Å². The Kier molecular flexibility index (Phi) is 2.54. The number of hydrogen-bond donors (Lipinski definition) is 2. The van der Waals surface area contributed by atoms with Crippen LogP contribution in [0.2, 0.25) is 0 Å². The maximum absolute atomic E-state index is 11.5. The van der Waals surface area contributed by atoms with Crippen molar-refractivity contribution in [2.24, 2.45) is 7.05 Å². The molecule has 0 spiro atoms. The molecule has 8 heteroatoms. The van der Waals surface area contributed by atoms with Gasteiger partial charge in [-0.05, 0) is 0 Å². The fraction of sp³-hybridized carbons (Fsp3) is 0.250. The van der Waals surface area contributed by atoms with Gasteiger partial charge >= 0.3 is 0 Å². The Labute approximate surface area is 91.1 Å². The minimum atomic E-state index is -0.210. The van der Waals surface area contributed by atoms with E-state index in [9.17, 15) is 4.79 Å². The molecular formula is C8H11N7O. The highest BCUT2D eigenvalue weighted by Gasteiger charge is 2.06. The molecular weight excluding hydrogens is 210 g/mol. The molecule has 3 N–H and O–H groups in total. The molecule has 0 radical (unpaired) electrons. The average molecular weight is 221 g/mol. The van der Waals surface area contributed by atoms with Gasteiger partial charge in [0.1, 0.15) is 12.9 Å². The van der Waals surface area contributed by atoms with Gasteiger partial charge in [0.05, 0.1) is 11.9 Å². The highest BCUT2D eigenvalue weighted by Crippen LogP contribution is 2.03. The van der Waals surface area contributed by atoms with Crippen LogP contribution in [0.3, 0.4) is 0 Å². The van der Waals surface area contributed by atoms with Crippen molar-refractivity contribution < 1.29 is 4.79 Å². The number of rotatable bonds is 3. The van der Waals surface area contributed by atoms with Crippen LogP contribution < -0.4 is 11.1 Å². The van der Waals surface area contributed by atoms with Crippen LogP contribution >= 0.6 is 0 Å². The zero-order chi connectivity index (χ0) is 11.5. The zero-order valence-corrected chi connectivity index (χ0v) is 8.66. The summed E-state index contributed by atoms with van der Waals surface area (Å²) < 4.78 is 2.96. The average Bonchev–Trinajstić information content (AvgIpc) is 2.76. The second-order valence-corrected chi connectivity index (χ2v) is 3.25. The van der Waals surface area contributed by atoms with Crippen molar-refractivity contribution in [2.45, 2.75) is 6.54 Å². The molecule has 0 saturated carbocycles. The lowest BCUT2D eigenvalue weighted by molar-refractivity contribution is -0.116. The second-order valence-electron chi connectivity index (χ2n) is 3.25. The Morgan fingerprint density at radius 1 is 1.62 bits per heavy atom. The van der Waals surface area contributed by atoms with E-state index in [2.05, 4.69) is 20.5 Å². The standard InChI is InChI=1S/C8H11N7O/c1-14-3-6(2-11-14)12-7(16)4-15-5-10-8(9)13-15/h2-3,5H,4H2,1H3,(H2,9,13)(H,12,16). The maximum atomic E-state index is 11.5. The Morgan fingerprint density at radius 2 is 2.44 bits per heavy atom. The molecule has 16 heavy (non-hydrogen) atoms. The van der Waals surface area contributed by atoms with Crippen LogP contribution in [0.4, 0.5) is 11.6 Å². The summed E-state index contributed by atoms with van der Waals surface area (Å²) in [6.45, 7) is 0.0685. The first kappa shape index (κ1) is 10.1. The zero-order valence-electron chi connectivity index (χ0n) is 8.66. The Morgan fingerprint density at radius 3 is 3.00 bits per heavy atom. The summed E-state index contributed by atoms with van der Waals surface area (Å²) in [7, 11) is 1.77. The van der Waals surface area contributed by atoms with E-state index in [-0.39, 0.29) is 18.4 Å². The molecule has 0 fully saturated rings. The summed E-state index contributed by atoms with van der Waals surface area (Å²) >= 11 is 0. The van der Waals surface area contributed by atoms with Crippen molar-refractivity contribution in [3.63, 3.8) is 0 Å². The summed E-state index contributed by atoms with van der Waals surface area (Å²) in [6, 6.07) is 0. The monoisotopic (exact) mass is 221 g/mol. The highest BCUT2D eigenvalue weighted by molar-refractivity contribution is 5.90. The van der Waals surface area contributed by atoms with Gasteiger partial charge in [0.15, 0.2) is 0 Å². The molecule has 84 valence electrons.